The molecule has 17 heavy (non-hydrogen) atoms. The van der Waals surface area contributed by atoms with Gasteiger partial charge in [-0.05, 0) is 35.7 Å². The summed E-state index contributed by atoms with van der Waals surface area (Å²) in [5, 5.41) is 0. The van der Waals surface area contributed by atoms with Gasteiger partial charge in [0.1, 0.15) is 0 Å². The van der Waals surface area contributed by atoms with Gasteiger partial charge in [-0.1, -0.05) is 30.3 Å². The first-order valence-corrected chi connectivity index (χ1v) is 6.00. The van der Waals surface area contributed by atoms with Crippen molar-refractivity contribution in [3.63, 3.8) is 0 Å². The molecular formula is C15H16N2. The predicted molar refractivity (Wildman–Crippen MR) is 72.1 cm³/mol. The highest BCUT2D eigenvalue weighted by Crippen LogP contribution is 2.30. The van der Waals surface area contributed by atoms with Gasteiger partial charge in [0.2, 0.25) is 0 Å². The molecule has 2 aromatic rings. The third kappa shape index (κ3) is 1.98. The van der Waals surface area contributed by atoms with Crippen LogP contribution in [0.15, 0.2) is 48.5 Å². The van der Waals surface area contributed by atoms with Crippen LogP contribution in [-0.2, 0) is 13.0 Å². The van der Waals surface area contributed by atoms with Crippen LogP contribution in [0.2, 0.25) is 0 Å². The van der Waals surface area contributed by atoms with E-state index in [1.54, 1.807) is 0 Å². The van der Waals surface area contributed by atoms with Gasteiger partial charge < -0.3 is 10.6 Å². The SMILES string of the molecule is Nc1ccc2c(c1)CCN2Cc1ccccc1. The summed E-state index contributed by atoms with van der Waals surface area (Å²) in [6.45, 7) is 2.07. The smallest absolute Gasteiger partial charge is 0.0429 e. The molecule has 0 amide bonds. The number of nitrogens with zero attached hydrogens (tertiary/aromatic N) is 1. The van der Waals surface area contributed by atoms with E-state index in [0.29, 0.717) is 0 Å². The highest BCUT2D eigenvalue weighted by Gasteiger charge is 2.18. The molecule has 1 heterocycles. The van der Waals surface area contributed by atoms with Crippen LogP contribution in [0.4, 0.5) is 11.4 Å². The average Bonchev–Trinajstić information content (AvgIpc) is 2.73. The van der Waals surface area contributed by atoms with Crippen LogP contribution in [0.3, 0.4) is 0 Å². The minimum Gasteiger partial charge on any atom is -0.399 e. The van der Waals surface area contributed by atoms with Crippen molar-refractivity contribution < 1.29 is 0 Å². The molecule has 2 aromatic carbocycles. The van der Waals surface area contributed by atoms with Gasteiger partial charge in [0.25, 0.3) is 0 Å². The highest BCUT2D eigenvalue weighted by atomic mass is 15.1. The summed E-state index contributed by atoms with van der Waals surface area (Å²) in [5.74, 6) is 0. The van der Waals surface area contributed by atoms with Crippen molar-refractivity contribution in [1.29, 1.82) is 0 Å². The zero-order chi connectivity index (χ0) is 11.7. The lowest BCUT2D eigenvalue weighted by atomic mass is 10.1. The Bertz CT molecular complexity index is 520. The lowest BCUT2D eigenvalue weighted by Gasteiger charge is -2.19. The van der Waals surface area contributed by atoms with E-state index in [9.17, 15) is 0 Å². The fourth-order valence-electron chi connectivity index (χ4n) is 2.46. The van der Waals surface area contributed by atoms with E-state index in [1.807, 2.05) is 6.07 Å². The second-order valence-electron chi connectivity index (χ2n) is 4.55. The maximum atomic E-state index is 5.81. The van der Waals surface area contributed by atoms with Crippen molar-refractivity contribution in [2.45, 2.75) is 13.0 Å². The normalized spacial score (nSPS) is 13.8. The zero-order valence-electron chi connectivity index (χ0n) is 9.76. The molecule has 0 atom stereocenters. The van der Waals surface area contributed by atoms with Gasteiger partial charge in [-0.15, -0.1) is 0 Å². The molecule has 0 aromatic heterocycles. The monoisotopic (exact) mass is 224 g/mol. The molecule has 0 fully saturated rings. The number of anilines is 2. The fourth-order valence-corrected chi connectivity index (χ4v) is 2.46. The van der Waals surface area contributed by atoms with Crippen molar-refractivity contribution in [3.8, 4) is 0 Å². The molecule has 2 nitrogen and oxygen atoms in total. The molecule has 0 aliphatic carbocycles. The molecule has 0 radical (unpaired) electrons. The third-order valence-corrected chi connectivity index (χ3v) is 3.31. The number of hydrogen-bond donors (Lipinski definition) is 1. The summed E-state index contributed by atoms with van der Waals surface area (Å²) < 4.78 is 0. The Morgan fingerprint density at radius 2 is 1.88 bits per heavy atom. The maximum Gasteiger partial charge on any atom is 0.0429 e. The topological polar surface area (TPSA) is 29.3 Å². The van der Waals surface area contributed by atoms with Crippen molar-refractivity contribution in [3.05, 3.63) is 59.7 Å². The van der Waals surface area contributed by atoms with E-state index in [-0.39, 0.29) is 0 Å². The average molecular weight is 224 g/mol. The van der Waals surface area contributed by atoms with Crippen LogP contribution in [0.25, 0.3) is 0 Å². The summed E-state index contributed by atoms with van der Waals surface area (Å²) in [6.07, 6.45) is 1.10. The van der Waals surface area contributed by atoms with E-state index >= 15 is 0 Å². The first kappa shape index (κ1) is 10.2. The number of fused-ring (bicyclic) bond motifs is 1. The van der Waals surface area contributed by atoms with E-state index < -0.39 is 0 Å². The Labute approximate surface area is 102 Å². The molecule has 0 spiro atoms. The van der Waals surface area contributed by atoms with Crippen LogP contribution < -0.4 is 10.6 Å². The molecular weight excluding hydrogens is 208 g/mol. The van der Waals surface area contributed by atoms with E-state index in [4.69, 9.17) is 5.73 Å². The van der Waals surface area contributed by atoms with Gasteiger partial charge >= 0.3 is 0 Å². The Morgan fingerprint density at radius 3 is 2.71 bits per heavy atom. The van der Waals surface area contributed by atoms with E-state index in [2.05, 4.69) is 47.4 Å². The van der Waals surface area contributed by atoms with Crippen molar-refractivity contribution >= 4 is 11.4 Å². The van der Waals surface area contributed by atoms with Crippen LogP contribution in [0.1, 0.15) is 11.1 Å². The molecule has 1 aliphatic rings. The van der Waals surface area contributed by atoms with Crippen LogP contribution in [0.5, 0.6) is 0 Å². The quantitative estimate of drug-likeness (QED) is 0.795. The number of nitrogen functional groups attached to an aromatic ring is 1. The number of hydrogen-bond acceptors (Lipinski definition) is 2. The summed E-state index contributed by atoms with van der Waals surface area (Å²) in [4.78, 5) is 2.42. The number of rotatable bonds is 2. The lowest BCUT2D eigenvalue weighted by Crippen LogP contribution is -2.19. The summed E-state index contributed by atoms with van der Waals surface area (Å²) >= 11 is 0. The molecule has 0 saturated carbocycles. The lowest BCUT2D eigenvalue weighted by molar-refractivity contribution is 0.836. The van der Waals surface area contributed by atoms with Crippen molar-refractivity contribution in [2.75, 3.05) is 17.2 Å². The second kappa shape index (κ2) is 4.13. The molecule has 0 bridgehead atoms. The van der Waals surface area contributed by atoms with E-state index in [1.165, 1.54) is 16.8 Å². The molecule has 86 valence electrons. The van der Waals surface area contributed by atoms with Crippen LogP contribution >= 0.6 is 0 Å². The predicted octanol–water partition coefficient (Wildman–Crippen LogP) is 2.83. The van der Waals surface area contributed by atoms with Gasteiger partial charge in [-0.3, -0.25) is 0 Å². The van der Waals surface area contributed by atoms with E-state index in [0.717, 1.165) is 25.2 Å². The summed E-state index contributed by atoms with van der Waals surface area (Å²) in [6, 6.07) is 16.8. The third-order valence-electron chi connectivity index (χ3n) is 3.31. The highest BCUT2D eigenvalue weighted by molar-refractivity contribution is 5.63. The molecule has 3 rings (SSSR count). The van der Waals surface area contributed by atoms with Gasteiger partial charge in [0.05, 0.1) is 0 Å². The molecule has 0 unspecified atom stereocenters. The Balaban J connectivity index is 1.85. The molecule has 0 saturated heterocycles. The minimum absolute atomic E-state index is 0.866. The number of nitrogens with two attached hydrogens (primary N) is 1. The Hall–Kier alpha value is -1.96. The molecule has 2 N–H and O–H groups in total. The maximum absolute atomic E-state index is 5.81. The van der Waals surface area contributed by atoms with Crippen LogP contribution in [-0.4, -0.2) is 6.54 Å². The van der Waals surface area contributed by atoms with Gasteiger partial charge in [-0.25, -0.2) is 0 Å². The first-order chi connectivity index (χ1) is 8.33. The molecule has 2 heteroatoms. The van der Waals surface area contributed by atoms with Crippen molar-refractivity contribution in [1.82, 2.24) is 0 Å². The largest absolute Gasteiger partial charge is 0.399 e. The zero-order valence-corrected chi connectivity index (χ0v) is 9.76. The minimum atomic E-state index is 0.866. The number of benzene rings is 2. The second-order valence-corrected chi connectivity index (χ2v) is 4.55. The fraction of sp³-hybridized carbons (Fsp3) is 0.200. The Kier molecular flexibility index (Phi) is 2.48. The van der Waals surface area contributed by atoms with Gasteiger partial charge in [-0.2, -0.15) is 0 Å². The first-order valence-electron chi connectivity index (χ1n) is 6.00. The Morgan fingerprint density at radius 1 is 1.06 bits per heavy atom. The van der Waals surface area contributed by atoms with Gasteiger partial charge in [0, 0.05) is 24.5 Å². The van der Waals surface area contributed by atoms with Crippen LogP contribution in [0, 0.1) is 0 Å². The van der Waals surface area contributed by atoms with Gasteiger partial charge in [0.15, 0.2) is 0 Å². The summed E-state index contributed by atoms with van der Waals surface area (Å²) in [5.41, 5.74) is 10.7. The summed E-state index contributed by atoms with van der Waals surface area (Å²) in [7, 11) is 0. The molecule has 1 aliphatic heterocycles. The van der Waals surface area contributed by atoms with Crippen molar-refractivity contribution in [2.24, 2.45) is 0 Å². The standard InChI is InChI=1S/C15H16N2/c16-14-6-7-15-13(10-14)8-9-17(15)11-12-4-2-1-3-5-12/h1-7,10H,8-9,11,16H2.